The molecule has 14 nitrogen and oxygen atoms in total. The van der Waals surface area contributed by atoms with Gasteiger partial charge < -0.3 is 61.0 Å². The first-order valence-electron chi connectivity index (χ1n) is 30.2. The highest BCUT2D eigenvalue weighted by Gasteiger charge is 2.68. The second-order valence-electron chi connectivity index (χ2n) is 23.8. The Bertz CT molecular complexity index is 1810. The van der Waals surface area contributed by atoms with Gasteiger partial charge in [-0.1, -0.05) is 82.4 Å². The number of methoxy groups -OCH3 is 2. The maximum Gasteiger partial charge on any atom is 0.305 e. The lowest BCUT2D eigenvalue weighted by Crippen LogP contribution is -2.62. The Morgan fingerprint density at radius 1 is 0.707 bits per heavy atom. The van der Waals surface area contributed by atoms with Gasteiger partial charge in [-0.15, -0.1) is 0 Å². The Morgan fingerprint density at radius 3 is 1.97 bits per heavy atom. The molecule has 18 atom stereocenters. The zero-order valence-electron chi connectivity index (χ0n) is 48.7. The first-order valence-corrected chi connectivity index (χ1v) is 37.8. The van der Waals surface area contributed by atoms with Gasteiger partial charge in [-0.3, -0.25) is 4.79 Å². The summed E-state index contributed by atoms with van der Waals surface area (Å²) in [6, 6.07) is 9.46. The molecular weight excluding hydrogens is 1000 g/mol. The predicted molar refractivity (Wildman–Crippen MR) is 299 cm³/mol. The fraction of sp³-hybridized carbons (Fsp3) is 0.914. The summed E-state index contributed by atoms with van der Waals surface area (Å²) in [4.78, 5) is 13.1. The molecule has 17 heteroatoms. The van der Waals surface area contributed by atoms with Crippen LogP contribution in [0.3, 0.4) is 0 Å². The van der Waals surface area contributed by atoms with E-state index in [2.05, 4.69) is 82.4 Å². The van der Waals surface area contributed by atoms with Crippen LogP contribution in [0.2, 0.25) is 54.4 Å². The minimum absolute atomic E-state index is 0.00468. The highest BCUT2D eigenvalue weighted by Crippen LogP contribution is 2.54. The van der Waals surface area contributed by atoms with Crippen molar-refractivity contribution in [3.8, 4) is 0 Å². The number of hydrogen-bond acceptors (Lipinski definition) is 14. The molecule has 1 N–H and O–H groups in total. The summed E-state index contributed by atoms with van der Waals surface area (Å²) < 4.78 is 81.8. The summed E-state index contributed by atoms with van der Waals surface area (Å²) in [5.74, 6) is -1.04. The second kappa shape index (κ2) is 27.3. The number of carbonyl (C=O) groups is 1. The molecule has 0 saturated carbocycles. The van der Waals surface area contributed by atoms with Gasteiger partial charge in [0.2, 0.25) is 0 Å². The van der Waals surface area contributed by atoms with E-state index in [9.17, 15) is 9.90 Å². The molecule has 0 radical (unpaired) electrons. The molecule has 2 unspecified atom stereocenters. The molecule has 0 aromatic rings. The van der Waals surface area contributed by atoms with E-state index in [0.717, 1.165) is 97.6 Å². The zero-order chi connectivity index (χ0) is 54.3. The van der Waals surface area contributed by atoms with E-state index in [1.165, 1.54) is 7.11 Å². The maximum absolute atomic E-state index is 13.1. The smallest absolute Gasteiger partial charge is 0.305 e. The monoisotopic (exact) mass is 1110 g/mol. The van der Waals surface area contributed by atoms with Crippen molar-refractivity contribution < 1.29 is 65.8 Å². The minimum Gasteiger partial charge on any atom is -0.469 e. The molecule has 75 heavy (non-hydrogen) atoms. The van der Waals surface area contributed by atoms with E-state index >= 15 is 0 Å². The largest absolute Gasteiger partial charge is 0.469 e. The Balaban J connectivity index is 0.981. The molecule has 8 saturated heterocycles. The van der Waals surface area contributed by atoms with Gasteiger partial charge in [0, 0.05) is 45.3 Å². The number of aliphatic hydroxyl groups excluding tert-OH is 1. The van der Waals surface area contributed by atoms with Crippen LogP contribution >= 0.6 is 0 Å². The van der Waals surface area contributed by atoms with Crippen molar-refractivity contribution in [1.82, 2.24) is 0 Å². The van der Waals surface area contributed by atoms with E-state index in [-0.39, 0.29) is 122 Å². The van der Waals surface area contributed by atoms with Crippen molar-refractivity contribution in [1.29, 1.82) is 0 Å². The van der Waals surface area contributed by atoms with Crippen LogP contribution in [0, 0.1) is 11.8 Å². The highest BCUT2D eigenvalue weighted by atomic mass is 28.4. The van der Waals surface area contributed by atoms with Crippen molar-refractivity contribution in [3.63, 3.8) is 0 Å². The maximum atomic E-state index is 13.1. The SMILES string of the molecule is C=C1C[C@H](CCC23C[C@H]4O[C@H]5[C@@H](O2)[C@@H](O[Si](CC)(CC)CC)[C@H](CCCO)O[C@H]5[C@H]4O3)O[C@H]1CC[C@H]1C[C@@H](C)C(=C)[C@@H](C[C@@H]2O[C@H](CC(CO[Si](CC)(CC)CC)O[Si](CC)(CC)CC)[C@H](OC)[C@H]2CC(=O)OC)O1. The fourth-order valence-electron chi connectivity index (χ4n) is 14.4. The molecule has 8 fully saturated rings. The second-order valence-corrected chi connectivity index (χ2v) is 38.0. The molecular formula is C58H104O14Si3. The van der Waals surface area contributed by atoms with Gasteiger partial charge >= 0.3 is 5.97 Å². The van der Waals surface area contributed by atoms with Crippen LogP contribution in [-0.4, -0.2) is 161 Å². The summed E-state index contributed by atoms with van der Waals surface area (Å²) in [6.45, 7) is 32.5. The standard InChI is InChI=1S/C58H104O14Si3/c1-15-73(16-2,17-3)63-37-43(71-74(18-4,19-5)20-6)33-49-52(62-14)44(34-51(60)61-13)48(66-49)35-47-40(12)38(10)31-41(65-47)26-27-45-39(11)32-42(64-45)28-29-58-36-50-53(69-58)55-56(68-50)57(70-58)54(46(67-55)25-24-30-59)72-75(21-7,22-8)23-9/h38,41-50,52-57,59H,11-12,15-37H2,1-10,13-14H3/t38-,41+,42+,43?,44+,45+,46+,47-,48+,49-,50-,52-,53+,54+,55+,56-,57+,58?/m1/s1. The van der Waals surface area contributed by atoms with Gasteiger partial charge in [-0.05, 0) is 116 Å². The Kier molecular flexibility index (Phi) is 22.4. The Labute approximate surface area is 456 Å². The average molecular weight is 1110 g/mol. The first kappa shape index (κ1) is 61.7. The highest BCUT2D eigenvalue weighted by molar-refractivity contribution is 6.74. The van der Waals surface area contributed by atoms with Crippen LogP contribution in [0.25, 0.3) is 0 Å². The molecule has 0 aromatic carbocycles. The predicted octanol–water partition coefficient (Wildman–Crippen LogP) is 11.3. The average Bonchev–Trinajstić information content (AvgIpc) is 4.12. The van der Waals surface area contributed by atoms with E-state index in [1.54, 1.807) is 7.11 Å². The molecule has 432 valence electrons. The fourth-order valence-corrected chi connectivity index (χ4v) is 22.8. The van der Waals surface area contributed by atoms with Crippen LogP contribution in [0.1, 0.15) is 146 Å². The topological polar surface area (TPSA) is 148 Å². The molecule has 8 heterocycles. The number of aliphatic hydroxyl groups is 1. The van der Waals surface area contributed by atoms with Crippen molar-refractivity contribution in [2.45, 2.75) is 298 Å². The molecule has 8 rings (SSSR count). The lowest BCUT2D eigenvalue weighted by atomic mass is 9.82. The summed E-state index contributed by atoms with van der Waals surface area (Å²) >= 11 is 0. The molecule has 8 aliphatic rings. The first-order chi connectivity index (χ1) is 36.0. The van der Waals surface area contributed by atoms with Crippen molar-refractivity contribution >= 4 is 30.9 Å². The van der Waals surface area contributed by atoms with E-state index in [1.807, 2.05) is 0 Å². The molecule has 0 amide bonds. The Hall–Kier alpha value is -0.879. The van der Waals surface area contributed by atoms with E-state index < -0.39 is 30.7 Å². The van der Waals surface area contributed by atoms with Crippen LogP contribution in [0.15, 0.2) is 24.3 Å². The molecule has 0 spiro atoms. The van der Waals surface area contributed by atoms with Gasteiger partial charge in [0.1, 0.15) is 30.5 Å². The molecule has 0 aromatic heterocycles. The number of esters is 1. The lowest BCUT2D eigenvalue weighted by Gasteiger charge is -2.47. The van der Waals surface area contributed by atoms with Gasteiger partial charge in [0.15, 0.2) is 30.7 Å². The third kappa shape index (κ3) is 13.7. The Morgan fingerprint density at radius 2 is 1.35 bits per heavy atom. The third-order valence-corrected chi connectivity index (χ3v) is 34.1. The van der Waals surface area contributed by atoms with Crippen LogP contribution in [0.5, 0.6) is 0 Å². The zero-order valence-corrected chi connectivity index (χ0v) is 51.7. The minimum atomic E-state index is -2.05. The summed E-state index contributed by atoms with van der Waals surface area (Å²) in [6.07, 6.45) is 5.42. The van der Waals surface area contributed by atoms with Crippen LogP contribution in [-0.2, 0) is 60.7 Å². The van der Waals surface area contributed by atoms with Gasteiger partial charge in [0.25, 0.3) is 0 Å². The molecule has 8 aliphatic heterocycles. The van der Waals surface area contributed by atoms with E-state index in [4.69, 9.17) is 55.9 Å². The summed E-state index contributed by atoms with van der Waals surface area (Å²) in [5, 5.41) is 9.85. The number of carbonyl (C=O) groups excluding carboxylic acids is 1. The van der Waals surface area contributed by atoms with Crippen molar-refractivity contribution in [2.75, 3.05) is 27.4 Å². The number of hydrogen-bond donors (Lipinski definition) is 1. The summed E-state index contributed by atoms with van der Waals surface area (Å²) in [5.41, 5.74) is 2.20. The number of rotatable bonds is 32. The third-order valence-electron chi connectivity index (χ3n) is 20.1. The van der Waals surface area contributed by atoms with Crippen LogP contribution in [0.4, 0.5) is 0 Å². The van der Waals surface area contributed by atoms with Gasteiger partial charge in [-0.2, -0.15) is 0 Å². The van der Waals surface area contributed by atoms with Gasteiger partial charge in [-0.25, -0.2) is 0 Å². The van der Waals surface area contributed by atoms with Crippen molar-refractivity contribution in [2.24, 2.45) is 11.8 Å². The quantitative estimate of drug-likeness (QED) is 0.0387. The van der Waals surface area contributed by atoms with Gasteiger partial charge in [0.05, 0.1) is 81.2 Å². The van der Waals surface area contributed by atoms with Crippen LogP contribution < -0.4 is 0 Å². The van der Waals surface area contributed by atoms with E-state index in [0.29, 0.717) is 45.1 Å². The normalized spacial score (nSPS) is 37.2. The molecule has 0 aliphatic carbocycles. The summed E-state index contributed by atoms with van der Waals surface area (Å²) in [7, 11) is -2.76. The van der Waals surface area contributed by atoms with Crippen molar-refractivity contribution in [3.05, 3.63) is 24.3 Å². The molecule has 6 bridgehead atoms. The number of ether oxygens (including phenoxy) is 9. The lowest BCUT2D eigenvalue weighted by molar-refractivity contribution is -0.271.